The van der Waals surface area contributed by atoms with Crippen LogP contribution in [0.3, 0.4) is 0 Å². The second-order valence-electron chi connectivity index (χ2n) is 11.1. The summed E-state index contributed by atoms with van der Waals surface area (Å²) < 4.78 is 43.3. The van der Waals surface area contributed by atoms with Gasteiger partial charge in [0.2, 0.25) is 10.0 Å². The molecule has 4 aliphatic rings. The average molecular weight is 529 g/mol. The predicted molar refractivity (Wildman–Crippen MR) is 143 cm³/mol. The van der Waals surface area contributed by atoms with Gasteiger partial charge in [0, 0.05) is 36.0 Å². The highest BCUT2D eigenvalue weighted by Crippen LogP contribution is 2.44. The summed E-state index contributed by atoms with van der Waals surface area (Å²) in [6.45, 7) is 6.70. The highest BCUT2D eigenvalue weighted by Gasteiger charge is 2.45. The number of halogens is 2. The fourth-order valence-corrected chi connectivity index (χ4v) is 8.95. The maximum atomic E-state index is 15.4. The summed E-state index contributed by atoms with van der Waals surface area (Å²) in [5.74, 6) is 0.156. The molecule has 36 heavy (non-hydrogen) atoms. The van der Waals surface area contributed by atoms with Gasteiger partial charge in [0.25, 0.3) is 0 Å². The van der Waals surface area contributed by atoms with E-state index in [1.807, 2.05) is 18.2 Å². The Labute approximate surface area is 219 Å². The molecule has 1 saturated carbocycles. The molecule has 2 heterocycles. The molecule has 192 valence electrons. The molecule has 0 bridgehead atoms. The first-order valence-electron chi connectivity index (χ1n) is 13.3. The molecule has 3 unspecified atom stereocenters. The normalized spacial score (nSPS) is 26.1. The van der Waals surface area contributed by atoms with E-state index in [0.29, 0.717) is 24.7 Å². The van der Waals surface area contributed by atoms with E-state index in [-0.39, 0.29) is 23.6 Å². The standard InChI is InChI=1S/C29H34ClFN2O2S/c1-2-29(20-7-4-8-20)36(34,35)33-17-22(18-33)25-16-24-21(14-27(25)31)15-28(32-10-5-11-32)26(24)13-19-6-3-9-23(30)12-19/h2-3,6,9,12,14,16,20,22,26,28-29H,1,4-5,7-8,10-11,13,15,17-18H2. The first-order chi connectivity index (χ1) is 17.3. The van der Waals surface area contributed by atoms with Crippen LogP contribution >= 0.6 is 11.6 Å². The first kappa shape index (κ1) is 24.6. The number of hydrogen-bond acceptors (Lipinski definition) is 3. The van der Waals surface area contributed by atoms with E-state index in [1.165, 1.54) is 17.5 Å². The Morgan fingerprint density at radius 3 is 2.50 bits per heavy atom. The largest absolute Gasteiger partial charge is 0.299 e. The minimum Gasteiger partial charge on any atom is -0.299 e. The zero-order valence-corrected chi connectivity index (χ0v) is 22.2. The van der Waals surface area contributed by atoms with E-state index in [9.17, 15) is 8.42 Å². The Morgan fingerprint density at radius 2 is 1.89 bits per heavy atom. The van der Waals surface area contributed by atoms with Crippen LogP contribution in [0.2, 0.25) is 5.02 Å². The van der Waals surface area contributed by atoms with Gasteiger partial charge in [0.15, 0.2) is 0 Å². The molecule has 0 aromatic heterocycles. The van der Waals surface area contributed by atoms with E-state index in [4.69, 9.17) is 11.6 Å². The Morgan fingerprint density at radius 1 is 1.11 bits per heavy atom. The molecular formula is C29H34ClFN2O2S. The van der Waals surface area contributed by atoms with Crippen molar-refractivity contribution in [1.29, 1.82) is 0 Å². The number of fused-ring (bicyclic) bond motifs is 1. The molecule has 0 N–H and O–H groups in total. The fourth-order valence-electron chi connectivity index (χ4n) is 6.62. The topological polar surface area (TPSA) is 40.6 Å². The highest BCUT2D eigenvalue weighted by atomic mass is 35.5. The Kier molecular flexibility index (Phi) is 6.52. The summed E-state index contributed by atoms with van der Waals surface area (Å²) in [4.78, 5) is 2.53. The lowest BCUT2D eigenvalue weighted by Gasteiger charge is -2.43. The van der Waals surface area contributed by atoms with Gasteiger partial charge in [-0.05, 0) is 91.6 Å². The van der Waals surface area contributed by atoms with Gasteiger partial charge < -0.3 is 0 Å². The van der Waals surface area contributed by atoms with Crippen molar-refractivity contribution in [2.45, 2.75) is 61.7 Å². The molecular weight excluding hydrogens is 495 g/mol. The van der Waals surface area contributed by atoms with E-state index >= 15 is 4.39 Å². The summed E-state index contributed by atoms with van der Waals surface area (Å²) in [5, 5.41) is 0.220. The van der Waals surface area contributed by atoms with Gasteiger partial charge >= 0.3 is 0 Å². The van der Waals surface area contributed by atoms with Crippen LogP contribution in [0, 0.1) is 11.7 Å². The van der Waals surface area contributed by atoms with Crippen LogP contribution in [-0.4, -0.2) is 55.1 Å². The van der Waals surface area contributed by atoms with Crippen molar-refractivity contribution >= 4 is 21.6 Å². The van der Waals surface area contributed by atoms with Crippen LogP contribution in [-0.2, 0) is 22.9 Å². The minimum atomic E-state index is -3.44. The van der Waals surface area contributed by atoms with Crippen LogP contribution in [0.15, 0.2) is 49.1 Å². The number of nitrogens with zero attached hydrogens (tertiary/aromatic N) is 2. The summed E-state index contributed by atoms with van der Waals surface area (Å²) >= 11 is 6.28. The van der Waals surface area contributed by atoms with Crippen molar-refractivity contribution in [3.63, 3.8) is 0 Å². The van der Waals surface area contributed by atoms with Crippen molar-refractivity contribution in [2.75, 3.05) is 26.2 Å². The summed E-state index contributed by atoms with van der Waals surface area (Å²) in [5.41, 5.74) is 4.19. The lowest BCUT2D eigenvalue weighted by molar-refractivity contribution is 0.106. The van der Waals surface area contributed by atoms with E-state index in [1.54, 1.807) is 16.4 Å². The van der Waals surface area contributed by atoms with Gasteiger partial charge in [-0.25, -0.2) is 17.1 Å². The summed E-state index contributed by atoms with van der Waals surface area (Å²) in [7, 11) is -3.44. The maximum absolute atomic E-state index is 15.4. The highest BCUT2D eigenvalue weighted by molar-refractivity contribution is 7.90. The number of hydrogen-bond donors (Lipinski definition) is 0. The molecule has 4 nitrogen and oxygen atoms in total. The van der Waals surface area contributed by atoms with Crippen molar-refractivity contribution in [3.8, 4) is 0 Å². The van der Waals surface area contributed by atoms with Crippen LogP contribution < -0.4 is 0 Å². The third-order valence-electron chi connectivity index (χ3n) is 9.09. The van der Waals surface area contributed by atoms with Crippen LogP contribution in [0.4, 0.5) is 4.39 Å². The second-order valence-corrected chi connectivity index (χ2v) is 13.7. The molecule has 2 aliphatic carbocycles. The van der Waals surface area contributed by atoms with Crippen molar-refractivity contribution < 1.29 is 12.8 Å². The first-order valence-corrected chi connectivity index (χ1v) is 15.2. The van der Waals surface area contributed by atoms with Crippen molar-refractivity contribution in [3.05, 3.63) is 82.1 Å². The Bertz CT molecular complexity index is 1270. The molecule has 2 saturated heterocycles. The quantitative estimate of drug-likeness (QED) is 0.424. The van der Waals surface area contributed by atoms with E-state index < -0.39 is 15.3 Å². The summed E-state index contributed by atoms with van der Waals surface area (Å²) in [6, 6.07) is 12.2. The van der Waals surface area contributed by atoms with Crippen LogP contribution in [0.25, 0.3) is 0 Å². The Hall–Kier alpha value is -1.73. The molecule has 2 aromatic carbocycles. The lowest BCUT2D eigenvalue weighted by Crippen LogP contribution is -2.53. The molecule has 2 aromatic rings. The number of sulfonamides is 1. The maximum Gasteiger partial charge on any atom is 0.220 e. The molecule has 0 amide bonds. The third-order valence-corrected chi connectivity index (χ3v) is 11.6. The smallest absolute Gasteiger partial charge is 0.220 e. The van der Waals surface area contributed by atoms with E-state index in [0.717, 1.165) is 55.8 Å². The van der Waals surface area contributed by atoms with E-state index in [2.05, 4.69) is 23.6 Å². The van der Waals surface area contributed by atoms with Crippen LogP contribution in [0.5, 0.6) is 0 Å². The zero-order valence-electron chi connectivity index (χ0n) is 20.6. The molecule has 2 aliphatic heterocycles. The Balaban J connectivity index is 1.24. The molecule has 7 heteroatoms. The monoisotopic (exact) mass is 528 g/mol. The zero-order chi connectivity index (χ0) is 25.0. The van der Waals surface area contributed by atoms with Gasteiger partial charge in [-0.15, -0.1) is 6.58 Å². The predicted octanol–water partition coefficient (Wildman–Crippen LogP) is 5.52. The number of benzene rings is 2. The van der Waals surface area contributed by atoms with Gasteiger partial charge in [0.1, 0.15) is 5.82 Å². The van der Waals surface area contributed by atoms with Gasteiger partial charge in [-0.3, -0.25) is 4.90 Å². The summed E-state index contributed by atoms with van der Waals surface area (Å²) in [6.07, 6.45) is 7.52. The third kappa shape index (κ3) is 4.24. The fraction of sp³-hybridized carbons (Fsp3) is 0.517. The molecule has 3 atom stereocenters. The van der Waals surface area contributed by atoms with Crippen molar-refractivity contribution in [1.82, 2.24) is 9.21 Å². The average Bonchev–Trinajstić information content (AvgIpc) is 3.04. The number of rotatable bonds is 8. The molecule has 0 spiro atoms. The minimum absolute atomic E-state index is 0.105. The molecule has 3 fully saturated rings. The lowest BCUT2D eigenvalue weighted by atomic mass is 9.83. The van der Waals surface area contributed by atoms with Gasteiger partial charge in [0.05, 0.1) is 5.25 Å². The molecule has 0 radical (unpaired) electrons. The second kappa shape index (κ2) is 9.54. The SMILES string of the molecule is C=CC(C1CCC1)S(=O)(=O)N1CC(c2cc3c(cc2F)CC(N2CCC2)C3Cc2cccc(Cl)c2)C1. The van der Waals surface area contributed by atoms with Gasteiger partial charge in [-0.2, -0.15) is 0 Å². The van der Waals surface area contributed by atoms with Gasteiger partial charge in [-0.1, -0.05) is 42.3 Å². The molecule has 6 rings (SSSR count). The number of likely N-dealkylation sites (tertiary alicyclic amines) is 1. The van der Waals surface area contributed by atoms with Crippen LogP contribution in [0.1, 0.15) is 59.8 Å². The van der Waals surface area contributed by atoms with Crippen molar-refractivity contribution in [2.24, 2.45) is 5.92 Å².